The number of hydrogen-bond acceptors (Lipinski definition) is 2. The molecule has 106 valence electrons. The standard InChI is InChI=1S/C17H28N2/c1-15(2)9-11-17(18)10-6-12-19(14-17)13-16-7-4-3-5-8-16/h3-5,7-8,15H,6,9-14,18H2,1-2H3. The summed E-state index contributed by atoms with van der Waals surface area (Å²) in [6.07, 6.45) is 4.83. The Morgan fingerprint density at radius 2 is 2.00 bits per heavy atom. The predicted octanol–water partition coefficient (Wildman–Crippen LogP) is 3.42. The largest absolute Gasteiger partial charge is 0.324 e. The zero-order valence-corrected chi connectivity index (χ0v) is 12.4. The Bertz CT molecular complexity index is 374. The molecule has 2 heteroatoms. The first kappa shape index (κ1) is 14.5. The van der Waals surface area contributed by atoms with Gasteiger partial charge in [0.25, 0.3) is 0 Å². The number of piperidine rings is 1. The average Bonchev–Trinajstić information content (AvgIpc) is 2.38. The van der Waals surface area contributed by atoms with Gasteiger partial charge in [-0.3, -0.25) is 4.90 Å². The van der Waals surface area contributed by atoms with Crippen LogP contribution in [0.3, 0.4) is 0 Å². The van der Waals surface area contributed by atoms with Crippen LogP contribution in [-0.2, 0) is 6.54 Å². The summed E-state index contributed by atoms with van der Waals surface area (Å²) < 4.78 is 0. The van der Waals surface area contributed by atoms with Crippen LogP contribution in [0.5, 0.6) is 0 Å². The molecule has 1 aliphatic heterocycles. The van der Waals surface area contributed by atoms with Gasteiger partial charge < -0.3 is 5.73 Å². The highest BCUT2D eigenvalue weighted by Crippen LogP contribution is 2.26. The Balaban J connectivity index is 1.89. The van der Waals surface area contributed by atoms with Crippen molar-refractivity contribution in [1.82, 2.24) is 4.90 Å². The minimum absolute atomic E-state index is 0.0390. The van der Waals surface area contributed by atoms with Gasteiger partial charge >= 0.3 is 0 Å². The molecule has 2 N–H and O–H groups in total. The molecule has 0 aromatic heterocycles. The lowest BCUT2D eigenvalue weighted by molar-refractivity contribution is 0.132. The van der Waals surface area contributed by atoms with Crippen molar-refractivity contribution < 1.29 is 0 Å². The van der Waals surface area contributed by atoms with E-state index in [0.29, 0.717) is 0 Å². The quantitative estimate of drug-likeness (QED) is 0.879. The summed E-state index contributed by atoms with van der Waals surface area (Å²) in [5, 5.41) is 0. The van der Waals surface area contributed by atoms with Crippen molar-refractivity contribution in [2.24, 2.45) is 11.7 Å². The molecule has 1 fully saturated rings. The predicted molar refractivity (Wildman–Crippen MR) is 81.9 cm³/mol. The van der Waals surface area contributed by atoms with Crippen molar-refractivity contribution in [3.63, 3.8) is 0 Å². The molecule has 1 atom stereocenters. The highest BCUT2D eigenvalue weighted by atomic mass is 15.2. The molecular formula is C17H28N2. The van der Waals surface area contributed by atoms with E-state index in [-0.39, 0.29) is 5.54 Å². The van der Waals surface area contributed by atoms with E-state index in [2.05, 4.69) is 49.1 Å². The highest BCUT2D eigenvalue weighted by Gasteiger charge is 2.31. The van der Waals surface area contributed by atoms with Gasteiger partial charge in [-0.1, -0.05) is 44.2 Å². The fourth-order valence-corrected chi connectivity index (χ4v) is 3.01. The lowest BCUT2D eigenvalue weighted by atomic mass is 9.84. The van der Waals surface area contributed by atoms with Gasteiger partial charge in [-0.05, 0) is 43.7 Å². The zero-order chi connectivity index (χ0) is 13.7. The first-order chi connectivity index (χ1) is 9.07. The Kier molecular flexibility index (Phi) is 5.00. The molecule has 0 saturated carbocycles. The summed E-state index contributed by atoms with van der Waals surface area (Å²) in [7, 11) is 0. The normalized spacial score (nSPS) is 24.8. The van der Waals surface area contributed by atoms with Crippen LogP contribution in [0, 0.1) is 5.92 Å². The molecule has 19 heavy (non-hydrogen) atoms. The van der Waals surface area contributed by atoms with Gasteiger partial charge in [0.2, 0.25) is 0 Å². The van der Waals surface area contributed by atoms with E-state index in [4.69, 9.17) is 5.73 Å². The maximum atomic E-state index is 6.61. The number of rotatable bonds is 5. The first-order valence-electron chi connectivity index (χ1n) is 7.63. The van der Waals surface area contributed by atoms with Gasteiger partial charge in [-0.2, -0.15) is 0 Å². The Morgan fingerprint density at radius 3 is 2.68 bits per heavy atom. The number of likely N-dealkylation sites (tertiary alicyclic amines) is 1. The number of nitrogens with zero attached hydrogens (tertiary/aromatic N) is 1. The number of nitrogens with two attached hydrogens (primary N) is 1. The molecule has 0 radical (unpaired) electrons. The van der Waals surface area contributed by atoms with Crippen molar-refractivity contribution >= 4 is 0 Å². The minimum atomic E-state index is 0.0390. The summed E-state index contributed by atoms with van der Waals surface area (Å²) in [5.41, 5.74) is 8.05. The second-order valence-electron chi connectivity index (χ2n) is 6.59. The molecule has 0 amide bonds. The molecule has 2 nitrogen and oxygen atoms in total. The fourth-order valence-electron chi connectivity index (χ4n) is 3.01. The Hall–Kier alpha value is -0.860. The average molecular weight is 260 g/mol. The molecule has 0 bridgehead atoms. The summed E-state index contributed by atoms with van der Waals surface area (Å²) in [6.45, 7) is 7.85. The van der Waals surface area contributed by atoms with Gasteiger partial charge in [-0.15, -0.1) is 0 Å². The van der Waals surface area contributed by atoms with Gasteiger partial charge in [0.05, 0.1) is 0 Å². The molecule has 1 saturated heterocycles. The summed E-state index contributed by atoms with van der Waals surface area (Å²) in [6, 6.07) is 10.7. The molecule has 1 aromatic rings. The van der Waals surface area contributed by atoms with Gasteiger partial charge in [0, 0.05) is 18.6 Å². The van der Waals surface area contributed by atoms with E-state index in [1.54, 1.807) is 0 Å². The van der Waals surface area contributed by atoms with Crippen molar-refractivity contribution in [1.29, 1.82) is 0 Å². The third-order valence-electron chi connectivity index (χ3n) is 4.16. The van der Waals surface area contributed by atoms with E-state index < -0.39 is 0 Å². The van der Waals surface area contributed by atoms with Crippen molar-refractivity contribution in [2.75, 3.05) is 13.1 Å². The van der Waals surface area contributed by atoms with E-state index in [0.717, 1.165) is 25.4 Å². The summed E-state index contributed by atoms with van der Waals surface area (Å²) in [4.78, 5) is 2.53. The topological polar surface area (TPSA) is 29.3 Å². The Morgan fingerprint density at radius 1 is 1.26 bits per heavy atom. The SMILES string of the molecule is CC(C)CCC1(N)CCCN(Cc2ccccc2)C1. The van der Waals surface area contributed by atoms with E-state index in [9.17, 15) is 0 Å². The van der Waals surface area contributed by atoms with Crippen molar-refractivity contribution in [2.45, 2.75) is 51.6 Å². The molecule has 1 aromatic carbocycles. The van der Waals surface area contributed by atoms with Crippen LogP contribution in [0.1, 0.15) is 45.1 Å². The smallest absolute Gasteiger partial charge is 0.0284 e. The van der Waals surface area contributed by atoms with E-state index in [1.165, 1.54) is 31.4 Å². The van der Waals surface area contributed by atoms with Crippen LogP contribution < -0.4 is 5.73 Å². The van der Waals surface area contributed by atoms with Crippen LogP contribution >= 0.6 is 0 Å². The second-order valence-corrected chi connectivity index (χ2v) is 6.59. The molecule has 1 aliphatic rings. The molecule has 2 rings (SSSR count). The molecule has 0 spiro atoms. The van der Waals surface area contributed by atoms with Crippen LogP contribution in [0.4, 0.5) is 0 Å². The zero-order valence-electron chi connectivity index (χ0n) is 12.4. The van der Waals surface area contributed by atoms with Gasteiger partial charge in [-0.25, -0.2) is 0 Å². The number of hydrogen-bond donors (Lipinski definition) is 1. The monoisotopic (exact) mass is 260 g/mol. The summed E-state index contributed by atoms with van der Waals surface area (Å²) >= 11 is 0. The highest BCUT2D eigenvalue weighted by molar-refractivity contribution is 5.14. The lowest BCUT2D eigenvalue weighted by Crippen LogP contribution is -2.54. The second kappa shape index (κ2) is 6.53. The fraction of sp³-hybridized carbons (Fsp3) is 0.647. The third-order valence-corrected chi connectivity index (χ3v) is 4.16. The minimum Gasteiger partial charge on any atom is -0.324 e. The maximum Gasteiger partial charge on any atom is 0.0284 e. The van der Waals surface area contributed by atoms with Gasteiger partial charge in [0.1, 0.15) is 0 Å². The van der Waals surface area contributed by atoms with E-state index >= 15 is 0 Å². The van der Waals surface area contributed by atoms with Crippen LogP contribution in [0.25, 0.3) is 0 Å². The summed E-state index contributed by atoms with van der Waals surface area (Å²) in [5.74, 6) is 0.755. The van der Waals surface area contributed by atoms with Crippen LogP contribution in [0.2, 0.25) is 0 Å². The lowest BCUT2D eigenvalue weighted by Gasteiger charge is -2.41. The van der Waals surface area contributed by atoms with Crippen LogP contribution in [-0.4, -0.2) is 23.5 Å². The third kappa shape index (κ3) is 4.63. The molecule has 1 unspecified atom stereocenters. The molecule has 1 heterocycles. The number of benzene rings is 1. The van der Waals surface area contributed by atoms with Crippen molar-refractivity contribution in [3.8, 4) is 0 Å². The molecule has 0 aliphatic carbocycles. The Labute approximate surface area is 118 Å². The first-order valence-corrected chi connectivity index (χ1v) is 7.63. The van der Waals surface area contributed by atoms with Crippen LogP contribution in [0.15, 0.2) is 30.3 Å². The van der Waals surface area contributed by atoms with E-state index in [1.807, 2.05) is 0 Å². The van der Waals surface area contributed by atoms with Gasteiger partial charge in [0.15, 0.2) is 0 Å². The van der Waals surface area contributed by atoms with Crippen molar-refractivity contribution in [3.05, 3.63) is 35.9 Å². The molecular weight excluding hydrogens is 232 g/mol. The maximum absolute atomic E-state index is 6.61.